The SMILES string of the molecule is COCCO[C@H]1CC[C@](C)(N2CCC(N3C(=O)Cc4ccc(C)cc43)CC2)CC1.Cl. The predicted octanol–water partition coefficient (Wildman–Crippen LogP) is 4.13. The number of fused-ring (bicyclic) bond motifs is 1. The highest BCUT2D eigenvalue weighted by atomic mass is 35.5. The van der Waals surface area contributed by atoms with Gasteiger partial charge in [0.05, 0.1) is 25.7 Å². The first-order valence-electron chi connectivity index (χ1n) is 11.3. The van der Waals surface area contributed by atoms with Gasteiger partial charge in [-0.2, -0.15) is 0 Å². The van der Waals surface area contributed by atoms with Crippen molar-refractivity contribution in [2.45, 2.75) is 76.5 Å². The number of anilines is 1. The number of hydrogen-bond acceptors (Lipinski definition) is 4. The number of amides is 1. The molecule has 1 amide bonds. The molecule has 2 heterocycles. The first-order valence-corrected chi connectivity index (χ1v) is 11.3. The largest absolute Gasteiger partial charge is 0.382 e. The van der Waals surface area contributed by atoms with Crippen LogP contribution in [0.25, 0.3) is 0 Å². The van der Waals surface area contributed by atoms with Crippen LogP contribution in [-0.4, -0.2) is 61.9 Å². The van der Waals surface area contributed by atoms with Gasteiger partial charge in [-0.25, -0.2) is 0 Å². The van der Waals surface area contributed by atoms with E-state index >= 15 is 0 Å². The second kappa shape index (κ2) is 9.99. The molecule has 3 aliphatic rings. The number of rotatable bonds is 6. The molecule has 6 heteroatoms. The second-order valence-corrected chi connectivity index (χ2v) is 9.35. The molecule has 0 aromatic heterocycles. The summed E-state index contributed by atoms with van der Waals surface area (Å²) in [7, 11) is 1.72. The molecule has 1 aromatic carbocycles. The summed E-state index contributed by atoms with van der Waals surface area (Å²) in [5, 5.41) is 0. The number of hydrogen-bond donors (Lipinski definition) is 0. The van der Waals surface area contributed by atoms with Gasteiger partial charge < -0.3 is 14.4 Å². The van der Waals surface area contributed by atoms with E-state index in [4.69, 9.17) is 9.47 Å². The first kappa shape index (κ1) is 23.5. The molecule has 2 aliphatic heterocycles. The summed E-state index contributed by atoms with van der Waals surface area (Å²) >= 11 is 0. The molecule has 4 rings (SSSR count). The Kier molecular flexibility index (Phi) is 7.83. The average molecular weight is 437 g/mol. The van der Waals surface area contributed by atoms with E-state index in [1.807, 2.05) is 0 Å². The lowest BCUT2D eigenvalue weighted by Crippen LogP contribution is -2.55. The van der Waals surface area contributed by atoms with Crippen LogP contribution in [0, 0.1) is 6.92 Å². The molecule has 1 aromatic rings. The van der Waals surface area contributed by atoms with Gasteiger partial charge in [0.15, 0.2) is 0 Å². The number of halogens is 1. The number of benzene rings is 1. The van der Waals surface area contributed by atoms with Crippen LogP contribution in [0.3, 0.4) is 0 Å². The number of likely N-dealkylation sites (tertiary alicyclic amines) is 1. The first-order chi connectivity index (χ1) is 14.0. The van der Waals surface area contributed by atoms with E-state index in [1.54, 1.807) is 7.11 Å². The molecule has 2 fully saturated rings. The third-order valence-electron chi connectivity index (χ3n) is 7.35. The van der Waals surface area contributed by atoms with E-state index in [2.05, 4.69) is 41.8 Å². The van der Waals surface area contributed by atoms with Crippen LogP contribution in [0.4, 0.5) is 5.69 Å². The van der Waals surface area contributed by atoms with Gasteiger partial charge in [-0.15, -0.1) is 12.4 Å². The van der Waals surface area contributed by atoms with E-state index in [0.29, 0.717) is 31.8 Å². The molecule has 0 radical (unpaired) electrons. The number of piperidine rings is 1. The molecule has 5 nitrogen and oxygen atoms in total. The van der Waals surface area contributed by atoms with Crippen molar-refractivity contribution in [3.05, 3.63) is 29.3 Å². The zero-order chi connectivity index (χ0) is 20.4. The highest BCUT2D eigenvalue weighted by molar-refractivity contribution is 6.02. The predicted molar refractivity (Wildman–Crippen MR) is 123 cm³/mol. The van der Waals surface area contributed by atoms with Crippen molar-refractivity contribution in [3.8, 4) is 0 Å². The zero-order valence-electron chi connectivity index (χ0n) is 18.7. The van der Waals surface area contributed by atoms with E-state index in [1.165, 1.54) is 24.0 Å². The molecule has 1 saturated heterocycles. The van der Waals surface area contributed by atoms with Crippen LogP contribution in [-0.2, 0) is 20.7 Å². The van der Waals surface area contributed by atoms with Crippen LogP contribution < -0.4 is 4.90 Å². The fraction of sp³-hybridized carbons (Fsp3) is 0.708. The van der Waals surface area contributed by atoms with E-state index in [9.17, 15) is 4.79 Å². The highest BCUT2D eigenvalue weighted by Crippen LogP contribution is 2.39. The van der Waals surface area contributed by atoms with Gasteiger partial charge in [-0.05, 0) is 69.6 Å². The van der Waals surface area contributed by atoms with Crippen molar-refractivity contribution in [1.82, 2.24) is 4.90 Å². The fourth-order valence-electron chi connectivity index (χ4n) is 5.49. The Labute approximate surface area is 187 Å². The van der Waals surface area contributed by atoms with Gasteiger partial charge in [0, 0.05) is 37.5 Å². The summed E-state index contributed by atoms with van der Waals surface area (Å²) in [6, 6.07) is 6.79. The number of carbonyl (C=O) groups is 1. The standard InChI is InChI=1S/C24H36N2O3.ClH/c1-18-4-5-19-17-23(27)26(22(19)16-18)20-8-12-25(13-9-20)24(2)10-6-21(7-11-24)29-15-14-28-3;/h4-5,16,20-21H,6-15,17H2,1-3H3;1H/t21-,24-;. The summed E-state index contributed by atoms with van der Waals surface area (Å²) in [5.74, 6) is 0.281. The van der Waals surface area contributed by atoms with Crippen LogP contribution in [0.2, 0.25) is 0 Å². The maximum Gasteiger partial charge on any atom is 0.231 e. The van der Waals surface area contributed by atoms with Crippen molar-refractivity contribution in [3.63, 3.8) is 0 Å². The van der Waals surface area contributed by atoms with E-state index in [-0.39, 0.29) is 23.9 Å². The maximum absolute atomic E-state index is 12.7. The number of aryl methyl sites for hydroxylation is 1. The van der Waals surface area contributed by atoms with Gasteiger partial charge in [0.2, 0.25) is 5.91 Å². The van der Waals surface area contributed by atoms with E-state index in [0.717, 1.165) is 44.5 Å². The molecule has 1 aliphatic carbocycles. The van der Waals surface area contributed by atoms with Crippen molar-refractivity contribution in [2.75, 3.05) is 38.3 Å². The minimum absolute atomic E-state index is 0. The Morgan fingerprint density at radius 1 is 1.10 bits per heavy atom. The van der Waals surface area contributed by atoms with Crippen molar-refractivity contribution < 1.29 is 14.3 Å². The molecule has 0 unspecified atom stereocenters. The Morgan fingerprint density at radius 2 is 1.80 bits per heavy atom. The third kappa shape index (κ3) is 4.85. The van der Waals surface area contributed by atoms with Crippen LogP contribution in [0.15, 0.2) is 18.2 Å². The van der Waals surface area contributed by atoms with Gasteiger partial charge in [0.1, 0.15) is 0 Å². The molecule has 0 atom stereocenters. The highest BCUT2D eigenvalue weighted by Gasteiger charge is 2.41. The normalized spacial score (nSPS) is 27.8. The Morgan fingerprint density at radius 3 is 2.47 bits per heavy atom. The smallest absolute Gasteiger partial charge is 0.231 e. The minimum Gasteiger partial charge on any atom is -0.382 e. The van der Waals surface area contributed by atoms with Gasteiger partial charge in [-0.1, -0.05) is 12.1 Å². The zero-order valence-corrected chi connectivity index (χ0v) is 19.5. The summed E-state index contributed by atoms with van der Waals surface area (Å²) in [5.41, 5.74) is 3.86. The van der Waals surface area contributed by atoms with E-state index < -0.39 is 0 Å². The number of methoxy groups -OCH3 is 1. The topological polar surface area (TPSA) is 42.0 Å². The lowest BCUT2D eigenvalue weighted by Gasteiger charge is -2.49. The Balaban J connectivity index is 0.00000256. The van der Waals surface area contributed by atoms with Gasteiger partial charge in [0.25, 0.3) is 0 Å². The van der Waals surface area contributed by atoms with Crippen molar-refractivity contribution in [2.24, 2.45) is 0 Å². The summed E-state index contributed by atoms with van der Waals surface area (Å²) in [6.45, 7) is 8.09. The molecule has 1 saturated carbocycles. The van der Waals surface area contributed by atoms with Gasteiger partial charge in [-0.3, -0.25) is 9.69 Å². The average Bonchev–Trinajstić information content (AvgIpc) is 3.05. The molecule has 0 spiro atoms. The second-order valence-electron chi connectivity index (χ2n) is 9.35. The molecule has 168 valence electrons. The fourth-order valence-corrected chi connectivity index (χ4v) is 5.49. The lowest BCUT2D eigenvalue weighted by atomic mass is 9.79. The summed E-state index contributed by atoms with van der Waals surface area (Å²) in [4.78, 5) is 17.5. The Bertz CT molecular complexity index is 725. The molecule has 0 bridgehead atoms. The van der Waals surface area contributed by atoms with Crippen LogP contribution in [0.5, 0.6) is 0 Å². The monoisotopic (exact) mass is 436 g/mol. The Hall–Kier alpha value is -1.14. The summed E-state index contributed by atoms with van der Waals surface area (Å²) in [6.07, 6.45) is 7.76. The number of carbonyl (C=O) groups excluding carboxylic acids is 1. The third-order valence-corrected chi connectivity index (χ3v) is 7.35. The quantitative estimate of drug-likeness (QED) is 0.628. The summed E-state index contributed by atoms with van der Waals surface area (Å²) < 4.78 is 11.1. The van der Waals surface area contributed by atoms with Crippen molar-refractivity contribution >= 4 is 24.0 Å². The number of nitrogens with zero attached hydrogens (tertiary/aromatic N) is 2. The molecular weight excluding hydrogens is 400 g/mol. The minimum atomic E-state index is 0. The molecule has 0 N–H and O–H groups in total. The lowest BCUT2D eigenvalue weighted by molar-refractivity contribution is -0.118. The number of ether oxygens (including phenoxy) is 2. The van der Waals surface area contributed by atoms with Crippen molar-refractivity contribution in [1.29, 1.82) is 0 Å². The van der Waals surface area contributed by atoms with Gasteiger partial charge >= 0.3 is 0 Å². The molecular formula is C24H37ClN2O3. The maximum atomic E-state index is 12.7. The van der Waals surface area contributed by atoms with Crippen LogP contribution in [0.1, 0.15) is 56.6 Å². The molecule has 30 heavy (non-hydrogen) atoms. The van der Waals surface area contributed by atoms with Crippen LogP contribution >= 0.6 is 12.4 Å².